The number of carbonyl (C=O) groups excluding carboxylic acids is 1. The van der Waals surface area contributed by atoms with Gasteiger partial charge in [0.15, 0.2) is 0 Å². The van der Waals surface area contributed by atoms with Crippen molar-refractivity contribution in [2.75, 3.05) is 24.2 Å². The van der Waals surface area contributed by atoms with Gasteiger partial charge in [-0.15, -0.1) is 13.2 Å². The minimum Gasteiger partial charge on any atom is -0.406 e. The van der Waals surface area contributed by atoms with Gasteiger partial charge in [-0.3, -0.25) is 4.79 Å². The Hall–Kier alpha value is -2.97. The first-order valence-electron chi connectivity index (χ1n) is 12.3. The maximum atomic E-state index is 12.9. The van der Waals surface area contributed by atoms with Gasteiger partial charge in [-0.25, -0.2) is 4.98 Å². The molecule has 1 heterocycles. The van der Waals surface area contributed by atoms with Gasteiger partial charge in [-0.1, -0.05) is 34.6 Å². The number of ether oxygens (including phenoxy) is 1. The Bertz CT molecular complexity index is 1050. The molecule has 1 aromatic carbocycles. The average molecular weight is 507 g/mol. The fourth-order valence-electron chi connectivity index (χ4n) is 4.41. The Morgan fingerprint density at radius 1 is 1.11 bits per heavy atom. The van der Waals surface area contributed by atoms with Gasteiger partial charge in [0.1, 0.15) is 11.6 Å². The third-order valence-electron chi connectivity index (χ3n) is 6.64. The molecule has 1 fully saturated rings. The second-order valence-electron chi connectivity index (χ2n) is 11.4. The van der Waals surface area contributed by atoms with Crippen LogP contribution in [0.5, 0.6) is 5.75 Å². The quantitative estimate of drug-likeness (QED) is 0.396. The molecule has 0 spiro atoms. The van der Waals surface area contributed by atoms with Crippen LogP contribution in [-0.4, -0.2) is 36.9 Å². The van der Waals surface area contributed by atoms with Crippen molar-refractivity contribution in [2.24, 2.45) is 10.8 Å². The lowest BCUT2D eigenvalue weighted by Crippen LogP contribution is -2.48. The number of nitrogens with one attached hydrogen (secondary N) is 3. The third-order valence-corrected chi connectivity index (χ3v) is 6.64. The number of alkyl halides is 3. The molecule has 1 saturated carbocycles. The molecule has 9 heteroatoms. The second kappa shape index (κ2) is 10.6. The number of halogens is 3. The van der Waals surface area contributed by atoms with Crippen LogP contribution in [0.2, 0.25) is 0 Å². The fraction of sp³-hybridized carbons (Fsp3) is 0.556. The van der Waals surface area contributed by atoms with Crippen molar-refractivity contribution < 1.29 is 22.7 Å². The normalized spacial score (nSPS) is 19.9. The monoisotopic (exact) mass is 506 g/mol. The lowest BCUT2D eigenvalue weighted by atomic mass is 9.68. The molecular weight excluding hydrogens is 469 g/mol. The highest BCUT2D eigenvalue weighted by Gasteiger charge is 2.38. The molecule has 3 N–H and O–H groups in total. The number of amides is 1. The highest BCUT2D eigenvalue weighted by atomic mass is 19.4. The first-order chi connectivity index (χ1) is 16.7. The standard InChI is InChI=1S/C27H37F3N4O2/c1-25(2,3)16-32-21-12-11-20(33-23(21)31-6)18-13-14-26(4,5)22(15-18)34-24(35)17-7-9-19(10-8-17)36-27(28,29)30/h7-12,18,22,32H,13-16H2,1-6H3,(H,31,33)(H,34,35). The van der Waals surface area contributed by atoms with E-state index < -0.39 is 6.36 Å². The summed E-state index contributed by atoms with van der Waals surface area (Å²) in [6.45, 7) is 11.6. The van der Waals surface area contributed by atoms with Crippen LogP contribution in [0.4, 0.5) is 24.7 Å². The molecule has 36 heavy (non-hydrogen) atoms. The maximum Gasteiger partial charge on any atom is 0.573 e. The van der Waals surface area contributed by atoms with E-state index in [1.807, 2.05) is 13.1 Å². The molecule has 2 unspecified atom stereocenters. The molecule has 1 aliphatic carbocycles. The summed E-state index contributed by atoms with van der Waals surface area (Å²) in [5, 5.41) is 9.76. The number of hydrogen-bond acceptors (Lipinski definition) is 5. The van der Waals surface area contributed by atoms with Gasteiger partial charge in [-0.05, 0) is 66.5 Å². The molecule has 3 rings (SSSR count). The van der Waals surface area contributed by atoms with E-state index in [0.717, 1.165) is 55.1 Å². The number of benzene rings is 1. The van der Waals surface area contributed by atoms with E-state index in [2.05, 4.69) is 61.4 Å². The summed E-state index contributed by atoms with van der Waals surface area (Å²) in [5.41, 5.74) is 2.22. The zero-order chi connectivity index (χ0) is 26.7. The zero-order valence-corrected chi connectivity index (χ0v) is 21.8. The molecule has 2 atom stereocenters. The first kappa shape index (κ1) is 27.6. The van der Waals surface area contributed by atoms with Crippen molar-refractivity contribution >= 4 is 17.4 Å². The summed E-state index contributed by atoms with van der Waals surface area (Å²) >= 11 is 0. The number of aromatic nitrogens is 1. The van der Waals surface area contributed by atoms with Crippen LogP contribution in [0.25, 0.3) is 0 Å². The van der Waals surface area contributed by atoms with Crippen LogP contribution in [0.15, 0.2) is 36.4 Å². The van der Waals surface area contributed by atoms with Gasteiger partial charge in [0.25, 0.3) is 5.91 Å². The Balaban J connectivity index is 1.71. The predicted molar refractivity (Wildman–Crippen MR) is 136 cm³/mol. The zero-order valence-electron chi connectivity index (χ0n) is 21.8. The van der Waals surface area contributed by atoms with Crippen molar-refractivity contribution in [3.8, 4) is 5.75 Å². The van der Waals surface area contributed by atoms with E-state index in [4.69, 9.17) is 4.98 Å². The molecule has 0 saturated heterocycles. The number of hydrogen-bond donors (Lipinski definition) is 3. The molecule has 0 aliphatic heterocycles. The van der Waals surface area contributed by atoms with Crippen LogP contribution in [0.1, 0.15) is 75.9 Å². The lowest BCUT2D eigenvalue weighted by molar-refractivity contribution is -0.274. The number of rotatable bonds is 7. The Kier molecular flexibility index (Phi) is 8.10. The smallest absolute Gasteiger partial charge is 0.406 e. The number of nitrogens with zero attached hydrogens (tertiary/aromatic N) is 1. The summed E-state index contributed by atoms with van der Waals surface area (Å²) in [6, 6.07) is 8.96. The minimum atomic E-state index is -4.77. The highest BCUT2D eigenvalue weighted by Crippen LogP contribution is 2.43. The van der Waals surface area contributed by atoms with Gasteiger partial charge >= 0.3 is 6.36 Å². The van der Waals surface area contributed by atoms with E-state index in [-0.39, 0.29) is 40.0 Å². The molecular formula is C27H37F3N4O2. The van der Waals surface area contributed by atoms with Gasteiger partial charge in [-0.2, -0.15) is 0 Å². The topological polar surface area (TPSA) is 75.3 Å². The summed E-state index contributed by atoms with van der Waals surface area (Å²) < 4.78 is 41.1. The van der Waals surface area contributed by atoms with E-state index in [1.165, 1.54) is 12.1 Å². The number of carbonyl (C=O) groups is 1. The minimum absolute atomic E-state index is 0.117. The van der Waals surface area contributed by atoms with E-state index >= 15 is 0 Å². The molecule has 0 bridgehead atoms. The third kappa shape index (κ3) is 7.51. The molecule has 1 aromatic heterocycles. The van der Waals surface area contributed by atoms with Gasteiger partial charge < -0.3 is 20.7 Å². The molecule has 1 amide bonds. The van der Waals surface area contributed by atoms with E-state index in [0.29, 0.717) is 0 Å². The average Bonchev–Trinajstić information content (AvgIpc) is 2.77. The van der Waals surface area contributed by atoms with Gasteiger partial charge in [0.2, 0.25) is 0 Å². The maximum absolute atomic E-state index is 12.9. The molecule has 198 valence electrons. The van der Waals surface area contributed by atoms with Crippen molar-refractivity contribution in [1.29, 1.82) is 0 Å². The molecule has 2 aromatic rings. The van der Waals surface area contributed by atoms with E-state index in [1.54, 1.807) is 0 Å². The molecule has 6 nitrogen and oxygen atoms in total. The summed E-state index contributed by atoms with van der Waals surface area (Å²) in [4.78, 5) is 17.8. The van der Waals surface area contributed by atoms with Gasteiger partial charge in [0, 0.05) is 36.8 Å². The Morgan fingerprint density at radius 2 is 1.78 bits per heavy atom. The second-order valence-corrected chi connectivity index (χ2v) is 11.4. The summed E-state index contributed by atoms with van der Waals surface area (Å²) in [5.74, 6) is 0.292. The van der Waals surface area contributed by atoms with Crippen molar-refractivity contribution in [1.82, 2.24) is 10.3 Å². The number of pyridine rings is 1. The van der Waals surface area contributed by atoms with Crippen LogP contribution in [0.3, 0.4) is 0 Å². The number of anilines is 2. The van der Waals surface area contributed by atoms with Crippen LogP contribution in [-0.2, 0) is 0 Å². The highest BCUT2D eigenvalue weighted by molar-refractivity contribution is 5.94. The van der Waals surface area contributed by atoms with Gasteiger partial charge in [0.05, 0.1) is 5.69 Å². The largest absolute Gasteiger partial charge is 0.573 e. The predicted octanol–water partition coefficient (Wildman–Crippen LogP) is 6.57. The molecule has 0 radical (unpaired) electrons. The summed E-state index contributed by atoms with van der Waals surface area (Å²) in [7, 11) is 1.85. The van der Waals surface area contributed by atoms with E-state index in [9.17, 15) is 18.0 Å². The van der Waals surface area contributed by atoms with Crippen molar-refractivity contribution in [3.05, 3.63) is 47.7 Å². The van der Waals surface area contributed by atoms with Crippen LogP contribution < -0.4 is 20.7 Å². The Labute approximate surface area is 211 Å². The van der Waals surface area contributed by atoms with Crippen LogP contribution in [0, 0.1) is 10.8 Å². The fourth-order valence-corrected chi connectivity index (χ4v) is 4.41. The lowest BCUT2D eigenvalue weighted by Gasteiger charge is -2.42. The first-order valence-corrected chi connectivity index (χ1v) is 12.3. The SMILES string of the molecule is CNc1nc(C2CCC(C)(C)C(NC(=O)c3ccc(OC(F)(F)F)cc3)C2)ccc1NCC(C)(C)C. The Morgan fingerprint density at radius 3 is 2.36 bits per heavy atom. The summed E-state index contributed by atoms with van der Waals surface area (Å²) in [6.07, 6.45) is -2.19. The van der Waals surface area contributed by atoms with Crippen LogP contribution >= 0.6 is 0 Å². The molecule has 1 aliphatic rings. The van der Waals surface area contributed by atoms with Crippen molar-refractivity contribution in [3.63, 3.8) is 0 Å². The van der Waals surface area contributed by atoms with Crippen molar-refractivity contribution in [2.45, 2.75) is 72.2 Å².